The molecule has 1 unspecified atom stereocenters. The van der Waals surface area contributed by atoms with Gasteiger partial charge in [-0.1, -0.05) is 56.7 Å². The molecule has 0 aromatic heterocycles. The summed E-state index contributed by atoms with van der Waals surface area (Å²) in [5.74, 6) is -1.87. The summed E-state index contributed by atoms with van der Waals surface area (Å²) in [6.07, 6.45) is 11.7. The lowest BCUT2D eigenvalue weighted by molar-refractivity contribution is -0.335. The Bertz CT molecular complexity index is 1080. The third-order valence-corrected chi connectivity index (χ3v) is 9.55. The zero-order valence-corrected chi connectivity index (χ0v) is 24.3. The maximum atomic E-state index is 13.9. The quantitative estimate of drug-likeness (QED) is 0.346. The van der Waals surface area contributed by atoms with Gasteiger partial charge in [0, 0.05) is 19.3 Å². The number of ether oxygens (including phenoxy) is 4. The number of hydrogen-bond donors (Lipinski definition) is 3. The molecule has 4 aliphatic heterocycles. The second-order valence-electron chi connectivity index (χ2n) is 12.7. The van der Waals surface area contributed by atoms with Crippen molar-refractivity contribution in [3.63, 3.8) is 0 Å². The van der Waals surface area contributed by atoms with E-state index in [4.69, 9.17) is 18.9 Å². The number of aliphatic hydroxyl groups is 3. The summed E-state index contributed by atoms with van der Waals surface area (Å²) in [7, 11) is 0. The fourth-order valence-electron chi connectivity index (χ4n) is 7.28. The van der Waals surface area contributed by atoms with Crippen molar-refractivity contribution in [3.05, 3.63) is 47.1 Å². The van der Waals surface area contributed by atoms with Gasteiger partial charge in [-0.25, -0.2) is 0 Å². The van der Waals surface area contributed by atoms with Gasteiger partial charge < -0.3 is 34.3 Å². The first-order chi connectivity index (χ1) is 19.1. The van der Waals surface area contributed by atoms with E-state index in [1.807, 2.05) is 6.08 Å². The van der Waals surface area contributed by atoms with E-state index in [0.717, 1.165) is 25.7 Å². The maximum absolute atomic E-state index is 13.9. The van der Waals surface area contributed by atoms with E-state index >= 15 is 0 Å². The van der Waals surface area contributed by atoms with E-state index in [0.29, 0.717) is 30.8 Å². The van der Waals surface area contributed by atoms with Crippen molar-refractivity contribution in [3.8, 4) is 0 Å². The maximum Gasteiger partial charge on any atom is 0.316 e. The van der Waals surface area contributed by atoms with Gasteiger partial charge in [0.15, 0.2) is 5.79 Å². The number of aliphatic hydroxyl groups excluding tert-OH is 2. The molecule has 1 spiro atoms. The Morgan fingerprint density at radius 2 is 1.98 bits per heavy atom. The molecule has 8 nitrogen and oxygen atoms in total. The lowest BCUT2D eigenvalue weighted by Gasteiger charge is -2.50. The molecule has 1 aliphatic carbocycles. The average Bonchev–Trinajstić information content (AvgIpc) is 3.25. The highest BCUT2D eigenvalue weighted by Gasteiger charge is 2.60. The van der Waals surface area contributed by atoms with Crippen molar-refractivity contribution >= 4 is 5.97 Å². The van der Waals surface area contributed by atoms with Crippen LogP contribution in [0.4, 0.5) is 0 Å². The molecule has 5 rings (SSSR count). The minimum absolute atomic E-state index is 0.0685. The van der Waals surface area contributed by atoms with Crippen LogP contribution in [-0.4, -0.2) is 76.4 Å². The second-order valence-corrected chi connectivity index (χ2v) is 12.7. The molecule has 2 bridgehead atoms. The number of hydrogen-bond acceptors (Lipinski definition) is 8. The van der Waals surface area contributed by atoms with Crippen LogP contribution in [0.25, 0.3) is 0 Å². The van der Waals surface area contributed by atoms with E-state index in [9.17, 15) is 20.1 Å². The van der Waals surface area contributed by atoms with E-state index in [1.54, 1.807) is 6.08 Å². The number of esters is 1. The molecule has 8 heteroatoms. The van der Waals surface area contributed by atoms with Crippen LogP contribution in [0.15, 0.2) is 47.1 Å². The highest BCUT2D eigenvalue weighted by molar-refractivity contribution is 5.78. The van der Waals surface area contributed by atoms with Crippen molar-refractivity contribution < 1.29 is 39.1 Å². The first kappa shape index (κ1) is 29.7. The fraction of sp³-hybridized carbons (Fsp3) is 0.719. The highest BCUT2D eigenvalue weighted by atomic mass is 16.7. The van der Waals surface area contributed by atoms with E-state index < -0.39 is 48.2 Å². The molecule has 222 valence electrons. The predicted octanol–water partition coefficient (Wildman–Crippen LogP) is 3.90. The normalized spacial score (nSPS) is 47.8. The van der Waals surface area contributed by atoms with E-state index in [2.05, 4.69) is 39.8 Å². The van der Waals surface area contributed by atoms with Gasteiger partial charge in [-0.2, -0.15) is 0 Å². The van der Waals surface area contributed by atoms with Gasteiger partial charge in [-0.3, -0.25) is 4.79 Å². The van der Waals surface area contributed by atoms with Crippen LogP contribution in [-0.2, 0) is 23.7 Å². The molecule has 0 saturated carbocycles. The van der Waals surface area contributed by atoms with Crippen molar-refractivity contribution in [1.29, 1.82) is 0 Å². The van der Waals surface area contributed by atoms with E-state index in [1.165, 1.54) is 11.6 Å². The standard InChI is InChI=1S/C32H46O8/c1-5-27-21(4)11-12-31(40-27)16-25-15-24(39-31)10-9-20(3)13-19(2)7-6-8-23-18-37-29-28(34)22(17-33)14-26(30(35)38-25)32(23,29)36/h6-9,14,19,21,24-29,33-34,36H,5,10-13,15-18H2,1-4H3/b7-6+,20-9+,23-8+/t19-,21-,24+,25-,26?,27+,28+,29+,31+,32+/m0/s1. The van der Waals surface area contributed by atoms with Gasteiger partial charge in [-0.15, -0.1) is 0 Å². The lowest BCUT2D eigenvalue weighted by atomic mass is 9.70. The highest BCUT2D eigenvalue weighted by Crippen LogP contribution is 2.47. The van der Waals surface area contributed by atoms with Crippen molar-refractivity contribution in [2.75, 3.05) is 13.2 Å². The number of allylic oxidation sites excluding steroid dienone is 4. The van der Waals surface area contributed by atoms with Crippen molar-refractivity contribution in [2.45, 2.75) is 115 Å². The zero-order chi connectivity index (χ0) is 28.7. The molecule has 0 amide bonds. The number of carbonyl (C=O) groups is 1. The molecule has 0 aromatic carbocycles. The Kier molecular flexibility index (Phi) is 8.77. The van der Waals surface area contributed by atoms with Crippen LogP contribution in [0.5, 0.6) is 0 Å². The molecule has 3 N–H and O–H groups in total. The van der Waals surface area contributed by atoms with Gasteiger partial charge in [0.2, 0.25) is 0 Å². The Morgan fingerprint density at radius 1 is 1.18 bits per heavy atom. The number of carbonyl (C=O) groups excluding carboxylic acids is 1. The monoisotopic (exact) mass is 558 g/mol. The molecule has 5 aliphatic rings. The first-order valence-corrected chi connectivity index (χ1v) is 15.0. The Labute approximate surface area is 237 Å². The van der Waals surface area contributed by atoms with Crippen LogP contribution in [0.3, 0.4) is 0 Å². The third kappa shape index (κ3) is 5.63. The molecule has 10 atom stereocenters. The third-order valence-electron chi connectivity index (χ3n) is 9.55. The molecule has 3 saturated heterocycles. The van der Waals surface area contributed by atoms with Crippen LogP contribution in [0.2, 0.25) is 0 Å². The van der Waals surface area contributed by atoms with Gasteiger partial charge >= 0.3 is 5.97 Å². The number of fused-ring (bicyclic) bond motifs is 2. The van der Waals surface area contributed by atoms with Gasteiger partial charge in [-0.05, 0) is 55.6 Å². The van der Waals surface area contributed by atoms with Crippen LogP contribution in [0.1, 0.15) is 72.6 Å². The van der Waals surface area contributed by atoms with Crippen LogP contribution >= 0.6 is 0 Å². The first-order valence-electron chi connectivity index (χ1n) is 15.0. The molecule has 40 heavy (non-hydrogen) atoms. The van der Waals surface area contributed by atoms with Crippen molar-refractivity contribution in [2.24, 2.45) is 17.8 Å². The van der Waals surface area contributed by atoms with Gasteiger partial charge in [0.1, 0.15) is 29.8 Å². The molecule has 0 aromatic rings. The van der Waals surface area contributed by atoms with Gasteiger partial charge in [0.25, 0.3) is 0 Å². The Balaban J connectivity index is 1.52. The molecule has 0 radical (unpaired) electrons. The smallest absolute Gasteiger partial charge is 0.316 e. The Morgan fingerprint density at radius 3 is 2.73 bits per heavy atom. The SMILES string of the molecule is CC[C@H]1O[C@]2(CC[C@@H]1C)C[C@@H]1C[C@@H](C/C=C(\C)C[C@@H](C)/C=C/C=C3\CO[C@@H]4[C@H](O)C(CO)=CC(C(=O)O1)[C@]34O)O2. The predicted molar refractivity (Wildman–Crippen MR) is 149 cm³/mol. The second kappa shape index (κ2) is 11.8. The summed E-state index contributed by atoms with van der Waals surface area (Å²) in [5, 5.41) is 32.9. The Hall–Kier alpha value is -1.81. The summed E-state index contributed by atoms with van der Waals surface area (Å²) in [6.45, 7) is 8.22. The molecular formula is C32H46O8. The van der Waals surface area contributed by atoms with Crippen molar-refractivity contribution in [1.82, 2.24) is 0 Å². The largest absolute Gasteiger partial charge is 0.462 e. The summed E-state index contributed by atoms with van der Waals surface area (Å²) >= 11 is 0. The minimum Gasteiger partial charge on any atom is -0.462 e. The summed E-state index contributed by atoms with van der Waals surface area (Å²) < 4.78 is 25.3. The average molecular weight is 559 g/mol. The molecule has 3 fully saturated rings. The summed E-state index contributed by atoms with van der Waals surface area (Å²) in [4.78, 5) is 13.9. The van der Waals surface area contributed by atoms with Gasteiger partial charge in [0.05, 0.1) is 25.4 Å². The summed E-state index contributed by atoms with van der Waals surface area (Å²) in [6, 6.07) is 0. The molecule has 4 heterocycles. The zero-order valence-electron chi connectivity index (χ0n) is 24.3. The van der Waals surface area contributed by atoms with E-state index in [-0.39, 0.29) is 30.3 Å². The number of rotatable bonds is 2. The molecular weight excluding hydrogens is 512 g/mol. The lowest BCUT2D eigenvalue weighted by Crippen LogP contribution is -2.58. The van der Waals surface area contributed by atoms with Crippen LogP contribution in [0, 0.1) is 17.8 Å². The fourth-order valence-corrected chi connectivity index (χ4v) is 7.28. The van der Waals surface area contributed by atoms with Crippen LogP contribution < -0.4 is 0 Å². The minimum atomic E-state index is -1.79. The topological polar surface area (TPSA) is 115 Å². The summed E-state index contributed by atoms with van der Waals surface area (Å²) in [5.41, 5.74) is 0.223.